The standard InChI is InChI=1S/C41H43N9O5/c1-4-6-7-32(26-52)46(3)39(54)33-23-31(13-8-28(33)25-51)48-21-19-47(20-22-48)30-14-11-29(12-15-30)43-41-42-24-34-38(45-41)50(49(18-5-2)40(34)55)36-17-10-27-9-16-35(53)37(27)44-36/h4-5,8,10-15,17,23-26,32,35,53H,1-2,6-7,9,16,18-22H2,3H3,(H,42,43,45). The number of benzene rings is 2. The van der Waals surface area contributed by atoms with Crippen LogP contribution in [0.15, 0.2) is 90.9 Å². The summed E-state index contributed by atoms with van der Waals surface area (Å²) >= 11 is 0. The Labute approximate surface area is 318 Å². The van der Waals surface area contributed by atoms with E-state index in [1.807, 2.05) is 42.5 Å². The number of likely N-dealkylation sites (N-methyl/N-ethyl adjacent to an activating group) is 1. The van der Waals surface area contributed by atoms with Crippen molar-refractivity contribution >= 4 is 52.5 Å². The van der Waals surface area contributed by atoms with Crippen LogP contribution in [0.3, 0.4) is 0 Å². The zero-order valence-corrected chi connectivity index (χ0v) is 30.7. The molecule has 0 radical (unpaired) electrons. The third-order valence-electron chi connectivity index (χ3n) is 10.4. The molecule has 55 heavy (non-hydrogen) atoms. The number of piperazine rings is 1. The molecule has 3 aromatic heterocycles. The Hall–Kier alpha value is -6.41. The third-order valence-corrected chi connectivity index (χ3v) is 10.4. The molecule has 0 spiro atoms. The van der Waals surface area contributed by atoms with Crippen molar-refractivity contribution in [1.29, 1.82) is 0 Å². The van der Waals surface area contributed by atoms with Gasteiger partial charge in [0.2, 0.25) is 5.95 Å². The Balaban J connectivity index is 1.04. The Morgan fingerprint density at radius 3 is 2.42 bits per heavy atom. The zero-order valence-electron chi connectivity index (χ0n) is 30.7. The highest BCUT2D eigenvalue weighted by atomic mass is 16.3. The number of rotatable bonds is 14. The van der Waals surface area contributed by atoms with Crippen LogP contribution in [-0.4, -0.2) is 92.1 Å². The van der Waals surface area contributed by atoms with Crippen LogP contribution in [0.4, 0.5) is 23.0 Å². The van der Waals surface area contributed by atoms with Gasteiger partial charge >= 0.3 is 0 Å². The first-order chi connectivity index (χ1) is 26.7. The van der Waals surface area contributed by atoms with Crippen LogP contribution in [0.25, 0.3) is 16.9 Å². The van der Waals surface area contributed by atoms with Gasteiger partial charge in [-0.2, -0.15) is 4.98 Å². The van der Waals surface area contributed by atoms with E-state index in [0.29, 0.717) is 67.1 Å². The summed E-state index contributed by atoms with van der Waals surface area (Å²) in [5, 5.41) is 14.1. The summed E-state index contributed by atoms with van der Waals surface area (Å²) in [6.45, 7) is 10.6. The fraction of sp³-hybridized carbons (Fsp3) is 0.293. The molecule has 2 atom stereocenters. The van der Waals surface area contributed by atoms with Gasteiger partial charge in [0, 0.05) is 62.0 Å². The molecule has 14 nitrogen and oxygen atoms in total. The lowest BCUT2D eigenvalue weighted by molar-refractivity contribution is -0.111. The van der Waals surface area contributed by atoms with Crippen LogP contribution < -0.4 is 20.7 Å². The number of hydrogen-bond donors (Lipinski definition) is 2. The maximum Gasteiger partial charge on any atom is 0.278 e. The number of allylic oxidation sites excluding steroid dienone is 2. The van der Waals surface area contributed by atoms with Gasteiger partial charge in [-0.3, -0.25) is 14.4 Å². The average Bonchev–Trinajstić information content (AvgIpc) is 3.72. The monoisotopic (exact) mass is 741 g/mol. The van der Waals surface area contributed by atoms with Crippen molar-refractivity contribution in [2.24, 2.45) is 0 Å². The van der Waals surface area contributed by atoms with Crippen molar-refractivity contribution in [3.8, 4) is 5.82 Å². The number of carbonyl (C=O) groups is 3. The van der Waals surface area contributed by atoms with E-state index in [0.717, 1.165) is 48.4 Å². The first kappa shape index (κ1) is 36.9. The number of aromatic nitrogens is 5. The van der Waals surface area contributed by atoms with Gasteiger partial charge in [0.1, 0.15) is 11.7 Å². The van der Waals surface area contributed by atoms with Crippen LogP contribution in [0, 0.1) is 0 Å². The third kappa shape index (κ3) is 7.28. The lowest BCUT2D eigenvalue weighted by atomic mass is 10.0. The van der Waals surface area contributed by atoms with Crippen LogP contribution in [0.5, 0.6) is 0 Å². The highest BCUT2D eigenvalue weighted by Crippen LogP contribution is 2.31. The van der Waals surface area contributed by atoms with E-state index in [-0.39, 0.29) is 29.1 Å². The number of amides is 1. The van der Waals surface area contributed by atoms with Gasteiger partial charge in [-0.25, -0.2) is 19.3 Å². The molecule has 1 amide bonds. The first-order valence-corrected chi connectivity index (χ1v) is 18.3. The van der Waals surface area contributed by atoms with Gasteiger partial charge in [0.25, 0.3) is 11.5 Å². The number of nitrogens with zero attached hydrogens (tertiary/aromatic N) is 8. The van der Waals surface area contributed by atoms with E-state index in [9.17, 15) is 24.3 Å². The minimum atomic E-state index is -0.647. The maximum absolute atomic E-state index is 13.4. The molecule has 282 valence electrons. The van der Waals surface area contributed by atoms with Gasteiger partial charge in [0.05, 0.1) is 29.9 Å². The normalized spacial score (nSPS) is 15.7. The largest absolute Gasteiger partial charge is 0.387 e. The number of pyridine rings is 1. The predicted octanol–water partition coefficient (Wildman–Crippen LogP) is 4.63. The van der Waals surface area contributed by atoms with Crippen molar-refractivity contribution in [1.82, 2.24) is 29.2 Å². The molecule has 2 N–H and O–H groups in total. The lowest BCUT2D eigenvalue weighted by Crippen LogP contribution is -2.46. The van der Waals surface area contributed by atoms with Crippen LogP contribution in [0.1, 0.15) is 57.3 Å². The quantitative estimate of drug-likeness (QED) is 0.121. The Morgan fingerprint density at radius 1 is 1.00 bits per heavy atom. The minimum Gasteiger partial charge on any atom is -0.387 e. The molecular weight excluding hydrogens is 699 g/mol. The second kappa shape index (κ2) is 15.9. The number of hydrogen-bond acceptors (Lipinski definition) is 11. The molecule has 14 heteroatoms. The lowest BCUT2D eigenvalue weighted by Gasteiger charge is -2.37. The second-order valence-corrected chi connectivity index (χ2v) is 13.7. The van der Waals surface area contributed by atoms with Crippen LogP contribution in [0.2, 0.25) is 0 Å². The predicted molar refractivity (Wildman–Crippen MR) is 212 cm³/mol. The van der Waals surface area contributed by atoms with E-state index in [1.54, 1.807) is 36.0 Å². The number of anilines is 4. The van der Waals surface area contributed by atoms with Crippen LogP contribution >= 0.6 is 0 Å². The van der Waals surface area contributed by atoms with E-state index in [1.165, 1.54) is 15.8 Å². The summed E-state index contributed by atoms with van der Waals surface area (Å²) in [5.74, 6) is 0.410. The van der Waals surface area contributed by atoms with Gasteiger partial charge in [-0.15, -0.1) is 13.2 Å². The van der Waals surface area contributed by atoms with Crippen molar-refractivity contribution < 1.29 is 19.5 Å². The van der Waals surface area contributed by atoms with Gasteiger partial charge in [-0.1, -0.05) is 18.2 Å². The number of fused-ring (bicyclic) bond motifs is 2. The average molecular weight is 742 g/mol. The van der Waals surface area contributed by atoms with Crippen molar-refractivity contribution in [3.63, 3.8) is 0 Å². The topological polar surface area (TPSA) is 159 Å². The second-order valence-electron chi connectivity index (χ2n) is 13.7. The van der Waals surface area contributed by atoms with E-state index in [2.05, 4.69) is 33.3 Å². The molecule has 2 aromatic carbocycles. The molecule has 5 aromatic rings. The molecule has 1 saturated heterocycles. The number of aliphatic hydroxyl groups is 1. The molecule has 7 rings (SSSR count). The van der Waals surface area contributed by atoms with E-state index < -0.39 is 12.1 Å². The molecule has 0 saturated carbocycles. The number of aryl methyl sites for hydroxylation is 1. The number of aldehydes is 2. The van der Waals surface area contributed by atoms with Gasteiger partial charge in [-0.05, 0) is 79.8 Å². The summed E-state index contributed by atoms with van der Waals surface area (Å²) in [5.41, 5.74) is 4.92. The minimum absolute atomic E-state index is 0.235. The van der Waals surface area contributed by atoms with Crippen molar-refractivity contribution in [3.05, 3.63) is 119 Å². The highest BCUT2D eigenvalue weighted by molar-refractivity contribution is 6.03. The molecule has 2 aliphatic rings. The van der Waals surface area contributed by atoms with Gasteiger partial charge < -0.3 is 29.9 Å². The molecule has 1 aliphatic heterocycles. The number of aliphatic hydroxyl groups excluding tert-OH is 1. The fourth-order valence-corrected chi connectivity index (χ4v) is 7.27. The Bertz CT molecular complexity index is 2330. The molecule has 0 bridgehead atoms. The molecular formula is C41H43N9O5. The SMILES string of the molecule is C=CCCC(C=O)N(C)C(=O)c1cc(N2CCN(c3ccc(Nc4ncc5c(=O)n(CC=C)n(-c6ccc7c(n6)C(O)CC7)c5n4)cc3)CC2)ccc1C=O. The van der Waals surface area contributed by atoms with Crippen LogP contribution in [-0.2, 0) is 17.8 Å². The summed E-state index contributed by atoms with van der Waals surface area (Å²) in [7, 11) is 1.58. The summed E-state index contributed by atoms with van der Waals surface area (Å²) < 4.78 is 3.16. The molecule has 1 aliphatic carbocycles. The molecule has 1 fully saturated rings. The van der Waals surface area contributed by atoms with E-state index in [4.69, 9.17) is 9.97 Å². The fourth-order valence-electron chi connectivity index (χ4n) is 7.27. The van der Waals surface area contributed by atoms with Crippen molar-refractivity contribution in [2.45, 2.75) is 44.4 Å². The van der Waals surface area contributed by atoms with Gasteiger partial charge in [0.15, 0.2) is 17.8 Å². The Kier molecular flexibility index (Phi) is 10.7. The summed E-state index contributed by atoms with van der Waals surface area (Å²) in [4.78, 5) is 70.2. The molecule has 4 heterocycles. The summed E-state index contributed by atoms with van der Waals surface area (Å²) in [6, 6.07) is 16.4. The number of carbonyl (C=O) groups excluding carboxylic acids is 3. The molecule has 2 unspecified atom stereocenters. The van der Waals surface area contributed by atoms with Crippen molar-refractivity contribution in [2.75, 3.05) is 48.3 Å². The Morgan fingerprint density at radius 2 is 1.73 bits per heavy atom. The zero-order chi connectivity index (χ0) is 38.6. The number of nitrogens with one attached hydrogen (secondary N) is 1. The smallest absolute Gasteiger partial charge is 0.278 e. The summed E-state index contributed by atoms with van der Waals surface area (Å²) in [6.07, 6.45) is 8.05. The highest BCUT2D eigenvalue weighted by Gasteiger charge is 2.26. The maximum atomic E-state index is 13.4. The van der Waals surface area contributed by atoms with E-state index >= 15 is 0 Å². The first-order valence-electron chi connectivity index (χ1n) is 18.3.